The first-order chi connectivity index (χ1) is 7.93. The number of carbonyl (C=O) groups excluding carboxylic acids is 1. The molecule has 0 saturated carbocycles. The number of carbonyl (C=O) groups is 1. The second-order valence-electron chi connectivity index (χ2n) is 3.58. The molecule has 17 heavy (non-hydrogen) atoms. The number of nitrogens with one attached hydrogen (secondary N) is 1. The van der Waals surface area contributed by atoms with Gasteiger partial charge < -0.3 is 9.73 Å². The lowest BCUT2D eigenvalue weighted by molar-refractivity contribution is -0.121. The van der Waals surface area contributed by atoms with Gasteiger partial charge in [-0.3, -0.25) is 4.79 Å². The van der Waals surface area contributed by atoms with Gasteiger partial charge in [-0.2, -0.15) is 0 Å². The van der Waals surface area contributed by atoms with Gasteiger partial charge in [0.05, 0.1) is 0 Å². The summed E-state index contributed by atoms with van der Waals surface area (Å²) in [5.74, 6) is 0.151. The first-order valence-corrected chi connectivity index (χ1v) is 7.11. The summed E-state index contributed by atoms with van der Waals surface area (Å²) in [6.45, 7) is 2.26. The standard InChI is InChI=1S/C9H15N3O4S/c1-3-4-7(13)10-6-5-8-11-12-9(16-8)17(2,14)15/h3-6H2,1-2H3,(H,10,13). The lowest BCUT2D eigenvalue weighted by Crippen LogP contribution is -2.25. The molecule has 0 aliphatic heterocycles. The van der Waals surface area contributed by atoms with E-state index in [0.29, 0.717) is 19.4 Å². The van der Waals surface area contributed by atoms with Gasteiger partial charge in [-0.1, -0.05) is 12.0 Å². The normalized spacial score (nSPS) is 11.4. The Morgan fingerprint density at radius 2 is 2.12 bits per heavy atom. The Bertz CT molecular complexity index is 480. The molecule has 1 N–H and O–H groups in total. The zero-order valence-corrected chi connectivity index (χ0v) is 10.6. The fraction of sp³-hybridized carbons (Fsp3) is 0.667. The molecule has 0 atom stereocenters. The van der Waals surface area contributed by atoms with Crippen molar-refractivity contribution in [3.05, 3.63) is 5.89 Å². The fourth-order valence-corrected chi connectivity index (χ4v) is 1.55. The van der Waals surface area contributed by atoms with E-state index >= 15 is 0 Å². The Morgan fingerprint density at radius 3 is 2.65 bits per heavy atom. The molecule has 0 bridgehead atoms. The van der Waals surface area contributed by atoms with Gasteiger partial charge in [0.25, 0.3) is 0 Å². The van der Waals surface area contributed by atoms with Crippen LogP contribution in [0.3, 0.4) is 0 Å². The van der Waals surface area contributed by atoms with Gasteiger partial charge in [-0.25, -0.2) is 8.42 Å². The highest BCUT2D eigenvalue weighted by molar-refractivity contribution is 7.90. The topological polar surface area (TPSA) is 102 Å². The van der Waals surface area contributed by atoms with Gasteiger partial charge in [-0.15, -0.1) is 5.10 Å². The van der Waals surface area contributed by atoms with Crippen molar-refractivity contribution in [1.29, 1.82) is 0 Å². The summed E-state index contributed by atoms with van der Waals surface area (Å²) in [4.78, 5) is 11.1. The fourth-order valence-electron chi connectivity index (χ4n) is 1.11. The molecule has 0 radical (unpaired) electrons. The van der Waals surface area contributed by atoms with Crippen LogP contribution in [-0.4, -0.2) is 37.3 Å². The predicted octanol–water partition coefficient (Wildman–Crippen LogP) is -0.0681. The highest BCUT2D eigenvalue weighted by Gasteiger charge is 2.16. The molecule has 1 aromatic rings. The van der Waals surface area contributed by atoms with Crippen LogP contribution < -0.4 is 5.32 Å². The molecule has 1 aromatic heterocycles. The van der Waals surface area contributed by atoms with Gasteiger partial charge in [0.15, 0.2) is 0 Å². The largest absolute Gasteiger partial charge is 0.412 e. The van der Waals surface area contributed by atoms with Crippen LogP contribution in [0, 0.1) is 0 Å². The van der Waals surface area contributed by atoms with Gasteiger partial charge in [0.1, 0.15) is 0 Å². The quantitative estimate of drug-likeness (QED) is 0.769. The molecule has 0 spiro atoms. The first-order valence-electron chi connectivity index (χ1n) is 5.22. The second-order valence-corrected chi connectivity index (χ2v) is 5.48. The van der Waals surface area contributed by atoms with E-state index in [1.54, 1.807) is 0 Å². The molecule has 0 aromatic carbocycles. The Hall–Kier alpha value is -1.44. The SMILES string of the molecule is CCCC(=O)NCCc1nnc(S(C)(=O)=O)o1. The van der Waals surface area contributed by atoms with Crippen molar-refractivity contribution in [3.8, 4) is 0 Å². The monoisotopic (exact) mass is 261 g/mol. The highest BCUT2D eigenvalue weighted by Crippen LogP contribution is 2.06. The van der Waals surface area contributed by atoms with Crippen molar-refractivity contribution in [3.63, 3.8) is 0 Å². The molecule has 7 nitrogen and oxygen atoms in total. The van der Waals surface area contributed by atoms with Crippen LogP contribution in [0.25, 0.3) is 0 Å². The molecule has 0 aliphatic carbocycles. The van der Waals surface area contributed by atoms with Crippen molar-refractivity contribution < 1.29 is 17.6 Å². The third kappa shape index (κ3) is 4.51. The summed E-state index contributed by atoms with van der Waals surface area (Å²) in [5, 5.41) is 9.25. The number of sulfone groups is 1. The first kappa shape index (κ1) is 13.6. The molecule has 0 fully saturated rings. The zero-order valence-electron chi connectivity index (χ0n) is 9.76. The van der Waals surface area contributed by atoms with E-state index in [1.807, 2.05) is 6.92 Å². The van der Waals surface area contributed by atoms with Crippen molar-refractivity contribution in [2.24, 2.45) is 0 Å². The molecule has 96 valence electrons. The van der Waals surface area contributed by atoms with E-state index in [0.717, 1.165) is 12.7 Å². The molecule has 1 amide bonds. The van der Waals surface area contributed by atoms with Crippen LogP contribution >= 0.6 is 0 Å². The van der Waals surface area contributed by atoms with Crippen LogP contribution in [-0.2, 0) is 21.1 Å². The van der Waals surface area contributed by atoms with Crippen molar-refractivity contribution in [1.82, 2.24) is 15.5 Å². The van der Waals surface area contributed by atoms with Crippen LogP contribution in [0.4, 0.5) is 0 Å². The molecular formula is C9H15N3O4S. The number of aromatic nitrogens is 2. The predicted molar refractivity (Wildman–Crippen MR) is 59.0 cm³/mol. The van der Waals surface area contributed by atoms with Gasteiger partial charge in [0, 0.05) is 25.6 Å². The average Bonchev–Trinajstić information content (AvgIpc) is 2.66. The Morgan fingerprint density at radius 1 is 1.41 bits per heavy atom. The van der Waals surface area contributed by atoms with Crippen molar-refractivity contribution in [2.75, 3.05) is 12.8 Å². The lowest BCUT2D eigenvalue weighted by atomic mass is 10.3. The number of amides is 1. The highest BCUT2D eigenvalue weighted by atomic mass is 32.2. The van der Waals surface area contributed by atoms with E-state index in [2.05, 4.69) is 15.5 Å². The Balaban J connectivity index is 2.43. The summed E-state index contributed by atoms with van der Waals surface area (Å²) < 4.78 is 27.0. The molecule has 1 heterocycles. The molecule has 1 rings (SSSR count). The maximum absolute atomic E-state index is 11.1. The van der Waals surface area contributed by atoms with Crippen LogP contribution in [0.5, 0.6) is 0 Å². The van der Waals surface area contributed by atoms with Crippen LogP contribution in [0.1, 0.15) is 25.7 Å². The third-order valence-electron chi connectivity index (χ3n) is 1.90. The minimum atomic E-state index is -3.46. The second kappa shape index (κ2) is 5.76. The van der Waals surface area contributed by atoms with Gasteiger partial charge >= 0.3 is 5.22 Å². The van der Waals surface area contributed by atoms with E-state index < -0.39 is 15.1 Å². The number of rotatable bonds is 6. The minimum Gasteiger partial charge on any atom is -0.412 e. The molecule has 0 unspecified atom stereocenters. The van der Waals surface area contributed by atoms with Crippen molar-refractivity contribution in [2.45, 2.75) is 31.4 Å². The summed E-state index contributed by atoms with van der Waals surface area (Å²) in [6.07, 6.45) is 2.56. The minimum absolute atomic E-state index is 0.0460. The van der Waals surface area contributed by atoms with E-state index in [1.165, 1.54) is 0 Å². The zero-order chi connectivity index (χ0) is 12.9. The summed E-state index contributed by atoms with van der Waals surface area (Å²) >= 11 is 0. The Kier molecular flexibility index (Phi) is 4.62. The molecular weight excluding hydrogens is 246 g/mol. The number of hydrogen-bond donors (Lipinski definition) is 1. The van der Waals surface area contributed by atoms with Crippen LogP contribution in [0.15, 0.2) is 9.64 Å². The number of hydrogen-bond acceptors (Lipinski definition) is 6. The maximum atomic E-state index is 11.1. The van der Waals surface area contributed by atoms with Crippen molar-refractivity contribution >= 4 is 15.7 Å². The summed E-state index contributed by atoms with van der Waals surface area (Å²) in [5.41, 5.74) is 0. The van der Waals surface area contributed by atoms with E-state index in [4.69, 9.17) is 4.42 Å². The van der Waals surface area contributed by atoms with Gasteiger partial charge in [0.2, 0.25) is 21.6 Å². The summed E-state index contributed by atoms with van der Waals surface area (Å²) in [7, 11) is -3.46. The molecule has 0 saturated heterocycles. The lowest BCUT2D eigenvalue weighted by Gasteiger charge is -2.00. The molecule has 8 heteroatoms. The average molecular weight is 261 g/mol. The molecule has 0 aliphatic rings. The van der Waals surface area contributed by atoms with Gasteiger partial charge in [-0.05, 0) is 6.42 Å². The smallest absolute Gasteiger partial charge is 0.335 e. The maximum Gasteiger partial charge on any atom is 0.335 e. The third-order valence-corrected chi connectivity index (χ3v) is 2.70. The van der Waals surface area contributed by atoms with E-state index in [-0.39, 0.29) is 11.8 Å². The van der Waals surface area contributed by atoms with E-state index in [9.17, 15) is 13.2 Å². The van der Waals surface area contributed by atoms with Crippen LogP contribution in [0.2, 0.25) is 0 Å². The summed E-state index contributed by atoms with van der Waals surface area (Å²) in [6, 6.07) is 0. The number of nitrogens with zero attached hydrogens (tertiary/aromatic N) is 2. The Labute approximate surface area is 99.5 Å².